The van der Waals surface area contributed by atoms with Crippen LogP contribution in [-0.4, -0.2) is 17.1 Å². The molecule has 1 heterocycles. The lowest BCUT2D eigenvalue weighted by Crippen LogP contribution is -2.23. The van der Waals surface area contributed by atoms with Crippen LogP contribution in [0, 0.1) is 0 Å². The molecule has 0 unspecified atom stereocenters. The highest BCUT2D eigenvalue weighted by Gasteiger charge is 1.98. The molecule has 0 bridgehead atoms. The molecule has 0 aliphatic rings. The smallest absolute Gasteiger partial charge is 0.0541 e. The van der Waals surface area contributed by atoms with Gasteiger partial charge in [0.05, 0.1) is 5.69 Å². The van der Waals surface area contributed by atoms with Gasteiger partial charge in [-0.25, -0.2) is 0 Å². The first kappa shape index (κ1) is 13.1. The summed E-state index contributed by atoms with van der Waals surface area (Å²) in [4.78, 5) is 4.43. The molecule has 3 nitrogen and oxygen atoms in total. The first-order valence-corrected chi connectivity index (χ1v) is 5.98. The lowest BCUT2D eigenvalue weighted by atomic mass is 10.2. The Morgan fingerprint density at radius 3 is 2.12 bits per heavy atom. The van der Waals surface area contributed by atoms with Crippen LogP contribution in [0.5, 0.6) is 0 Å². The molecule has 0 spiro atoms. The standard InChI is InChI=1S/C13H23N3/c1-10(2)14-7-12-5-6-13(16-8-12)9-15-11(3)4/h5-6,8,10-11,14-15H,7,9H2,1-4H3. The Morgan fingerprint density at radius 2 is 1.62 bits per heavy atom. The molecule has 0 amide bonds. The van der Waals surface area contributed by atoms with Crippen LogP contribution in [-0.2, 0) is 13.1 Å². The Bertz CT molecular complexity index is 260. The van der Waals surface area contributed by atoms with Gasteiger partial charge in [-0.3, -0.25) is 4.98 Å². The molecule has 2 N–H and O–H groups in total. The van der Waals surface area contributed by atoms with Gasteiger partial charge >= 0.3 is 0 Å². The molecule has 1 aromatic heterocycles. The first-order valence-electron chi connectivity index (χ1n) is 5.98. The zero-order chi connectivity index (χ0) is 12.0. The second kappa shape index (κ2) is 6.61. The second-order valence-corrected chi connectivity index (χ2v) is 4.73. The average Bonchev–Trinajstić information content (AvgIpc) is 2.25. The van der Waals surface area contributed by atoms with E-state index in [1.54, 1.807) is 0 Å². The quantitative estimate of drug-likeness (QED) is 0.772. The van der Waals surface area contributed by atoms with Crippen molar-refractivity contribution in [2.75, 3.05) is 0 Å². The maximum absolute atomic E-state index is 4.43. The van der Waals surface area contributed by atoms with Crippen molar-refractivity contribution in [3.63, 3.8) is 0 Å². The third-order valence-corrected chi connectivity index (χ3v) is 2.29. The van der Waals surface area contributed by atoms with Gasteiger partial charge in [-0.15, -0.1) is 0 Å². The molecular weight excluding hydrogens is 198 g/mol. The predicted molar refractivity (Wildman–Crippen MR) is 68.2 cm³/mol. The van der Waals surface area contributed by atoms with Gasteiger partial charge in [0.15, 0.2) is 0 Å². The summed E-state index contributed by atoms with van der Waals surface area (Å²) in [6.07, 6.45) is 1.95. The van der Waals surface area contributed by atoms with Crippen molar-refractivity contribution in [2.24, 2.45) is 0 Å². The average molecular weight is 221 g/mol. The van der Waals surface area contributed by atoms with Crippen LogP contribution in [0.1, 0.15) is 39.0 Å². The summed E-state index contributed by atoms with van der Waals surface area (Å²) in [5.74, 6) is 0. The summed E-state index contributed by atoms with van der Waals surface area (Å²) < 4.78 is 0. The molecule has 0 atom stereocenters. The minimum atomic E-state index is 0.504. The van der Waals surface area contributed by atoms with Crippen LogP contribution in [0.2, 0.25) is 0 Å². The fraction of sp³-hybridized carbons (Fsp3) is 0.615. The molecule has 0 aliphatic carbocycles. The first-order chi connectivity index (χ1) is 7.58. The van der Waals surface area contributed by atoms with E-state index < -0.39 is 0 Å². The molecule has 16 heavy (non-hydrogen) atoms. The van der Waals surface area contributed by atoms with Gasteiger partial charge in [0.1, 0.15) is 0 Å². The van der Waals surface area contributed by atoms with Crippen molar-refractivity contribution < 1.29 is 0 Å². The normalized spacial score (nSPS) is 11.4. The van der Waals surface area contributed by atoms with Gasteiger partial charge < -0.3 is 10.6 Å². The summed E-state index contributed by atoms with van der Waals surface area (Å²) >= 11 is 0. The molecule has 3 heteroatoms. The second-order valence-electron chi connectivity index (χ2n) is 4.73. The summed E-state index contributed by atoms with van der Waals surface area (Å²) in [6, 6.07) is 5.25. The highest BCUT2D eigenvalue weighted by molar-refractivity contribution is 5.14. The molecule has 0 aliphatic heterocycles. The van der Waals surface area contributed by atoms with Crippen molar-refractivity contribution >= 4 is 0 Å². The van der Waals surface area contributed by atoms with E-state index in [1.165, 1.54) is 5.56 Å². The van der Waals surface area contributed by atoms with Gasteiger partial charge in [0, 0.05) is 31.4 Å². The van der Waals surface area contributed by atoms with Crippen LogP contribution >= 0.6 is 0 Å². The van der Waals surface area contributed by atoms with Gasteiger partial charge in [-0.05, 0) is 11.6 Å². The number of pyridine rings is 1. The van der Waals surface area contributed by atoms with Crippen LogP contribution in [0.15, 0.2) is 18.3 Å². The maximum Gasteiger partial charge on any atom is 0.0541 e. The van der Waals surface area contributed by atoms with Crippen molar-refractivity contribution in [3.05, 3.63) is 29.6 Å². The summed E-state index contributed by atoms with van der Waals surface area (Å²) in [6.45, 7) is 10.3. The number of nitrogens with zero attached hydrogens (tertiary/aromatic N) is 1. The number of hydrogen-bond donors (Lipinski definition) is 2. The predicted octanol–water partition coefficient (Wildman–Crippen LogP) is 2.08. The van der Waals surface area contributed by atoms with Crippen LogP contribution in [0.3, 0.4) is 0 Å². The minimum absolute atomic E-state index is 0.504. The highest BCUT2D eigenvalue weighted by atomic mass is 14.9. The van der Waals surface area contributed by atoms with E-state index in [4.69, 9.17) is 0 Å². The van der Waals surface area contributed by atoms with Crippen LogP contribution in [0.4, 0.5) is 0 Å². The molecular formula is C13H23N3. The maximum atomic E-state index is 4.43. The van der Waals surface area contributed by atoms with E-state index in [2.05, 4.69) is 55.4 Å². The Labute approximate surface area is 98.7 Å². The van der Waals surface area contributed by atoms with Gasteiger partial charge in [0.25, 0.3) is 0 Å². The SMILES string of the molecule is CC(C)NCc1ccc(CNC(C)C)nc1. The number of hydrogen-bond acceptors (Lipinski definition) is 3. The Hall–Kier alpha value is -0.930. The van der Waals surface area contributed by atoms with Crippen molar-refractivity contribution in [3.8, 4) is 0 Å². The Balaban J connectivity index is 2.41. The van der Waals surface area contributed by atoms with Crippen LogP contribution in [0.25, 0.3) is 0 Å². The van der Waals surface area contributed by atoms with E-state index in [0.717, 1.165) is 18.8 Å². The fourth-order valence-electron chi connectivity index (χ4n) is 1.29. The largest absolute Gasteiger partial charge is 0.310 e. The van der Waals surface area contributed by atoms with Crippen LogP contribution < -0.4 is 10.6 Å². The van der Waals surface area contributed by atoms with Crippen molar-refractivity contribution in [1.82, 2.24) is 15.6 Å². The van der Waals surface area contributed by atoms with E-state index in [-0.39, 0.29) is 0 Å². The summed E-state index contributed by atoms with van der Waals surface area (Å²) in [5, 5.41) is 6.73. The molecule has 0 saturated heterocycles. The van der Waals surface area contributed by atoms with Gasteiger partial charge in [-0.2, -0.15) is 0 Å². The molecule has 90 valence electrons. The third kappa shape index (κ3) is 5.24. The lowest BCUT2D eigenvalue weighted by molar-refractivity contribution is 0.577. The Kier molecular flexibility index (Phi) is 5.43. The molecule has 1 rings (SSSR count). The highest BCUT2D eigenvalue weighted by Crippen LogP contribution is 2.01. The van der Waals surface area contributed by atoms with Crippen molar-refractivity contribution in [2.45, 2.75) is 52.9 Å². The lowest BCUT2D eigenvalue weighted by Gasteiger charge is -2.09. The molecule has 0 radical (unpaired) electrons. The zero-order valence-corrected chi connectivity index (χ0v) is 10.7. The third-order valence-electron chi connectivity index (χ3n) is 2.29. The van der Waals surface area contributed by atoms with E-state index in [1.807, 2.05) is 6.20 Å². The number of rotatable bonds is 6. The van der Waals surface area contributed by atoms with Crippen molar-refractivity contribution in [1.29, 1.82) is 0 Å². The molecule has 0 saturated carbocycles. The minimum Gasteiger partial charge on any atom is -0.310 e. The summed E-state index contributed by atoms with van der Waals surface area (Å²) in [5.41, 5.74) is 2.34. The zero-order valence-electron chi connectivity index (χ0n) is 10.7. The fourth-order valence-corrected chi connectivity index (χ4v) is 1.29. The number of nitrogens with one attached hydrogen (secondary N) is 2. The Morgan fingerprint density at radius 1 is 1.00 bits per heavy atom. The number of aromatic nitrogens is 1. The van der Waals surface area contributed by atoms with E-state index >= 15 is 0 Å². The monoisotopic (exact) mass is 221 g/mol. The van der Waals surface area contributed by atoms with E-state index in [0.29, 0.717) is 12.1 Å². The molecule has 0 fully saturated rings. The summed E-state index contributed by atoms with van der Waals surface area (Å²) in [7, 11) is 0. The van der Waals surface area contributed by atoms with Gasteiger partial charge in [-0.1, -0.05) is 33.8 Å². The molecule has 1 aromatic rings. The van der Waals surface area contributed by atoms with Gasteiger partial charge in [0.2, 0.25) is 0 Å². The topological polar surface area (TPSA) is 37.0 Å². The van der Waals surface area contributed by atoms with E-state index in [9.17, 15) is 0 Å². The molecule has 0 aromatic carbocycles.